The monoisotopic (exact) mass is 198 g/mol. The molecule has 0 spiro atoms. The van der Waals surface area contributed by atoms with Crippen molar-refractivity contribution in [3.05, 3.63) is 0 Å². The van der Waals surface area contributed by atoms with Crippen molar-refractivity contribution < 1.29 is 4.57 Å². The van der Waals surface area contributed by atoms with Crippen LogP contribution in [0.15, 0.2) is 0 Å². The molecule has 0 saturated carbocycles. The second-order valence-electron chi connectivity index (χ2n) is 1.20. The SMILES string of the molecule is [CH3][SnH]([CH3])[P]=O. The van der Waals surface area contributed by atoms with Crippen LogP contribution in [-0.2, 0) is 4.57 Å². The van der Waals surface area contributed by atoms with E-state index in [1.807, 2.05) is 0 Å². The van der Waals surface area contributed by atoms with Gasteiger partial charge in [0.15, 0.2) is 0 Å². The zero-order chi connectivity index (χ0) is 4.28. The Hall–Kier alpha value is 0.899. The summed E-state index contributed by atoms with van der Waals surface area (Å²) in [4.78, 5) is 4.21. The molecule has 0 aromatic rings. The Morgan fingerprint density at radius 3 is 1.80 bits per heavy atom. The topological polar surface area (TPSA) is 17.1 Å². The minimum atomic E-state index is -1.26. The van der Waals surface area contributed by atoms with Gasteiger partial charge < -0.3 is 0 Å². The molecule has 0 aromatic heterocycles. The Morgan fingerprint density at radius 2 is 1.80 bits per heavy atom. The van der Waals surface area contributed by atoms with E-state index < -0.39 is 19.2 Å². The van der Waals surface area contributed by atoms with Crippen molar-refractivity contribution in [2.24, 2.45) is 0 Å². The van der Waals surface area contributed by atoms with Gasteiger partial charge in [-0.25, -0.2) is 0 Å². The molecule has 0 heterocycles. The second kappa shape index (κ2) is 3.10. The minimum absolute atomic E-state index is 0.457. The van der Waals surface area contributed by atoms with E-state index in [0.29, 0.717) is 6.11 Å². The maximum atomic E-state index is 9.70. The number of hydrogen-bond acceptors (Lipinski definition) is 1. The fourth-order valence-electron chi connectivity index (χ4n) is 0. The van der Waals surface area contributed by atoms with Gasteiger partial charge in [-0.2, -0.15) is 0 Å². The number of rotatable bonds is 1. The van der Waals surface area contributed by atoms with Gasteiger partial charge in [0.25, 0.3) is 0 Å². The molecule has 0 unspecified atom stereocenters. The molecule has 0 amide bonds. The summed E-state index contributed by atoms with van der Waals surface area (Å²) in [5.74, 6) is 0. The van der Waals surface area contributed by atoms with Gasteiger partial charge in [-0.3, -0.25) is 0 Å². The Morgan fingerprint density at radius 1 is 1.60 bits per heavy atom. The van der Waals surface area contributed by atoms with Crippen molar-refractivity contribution in [1.82, 2.24) is 0 Å². The number of hydrogen-bond donors (Lipinski definition) is 0. The molecule has 0 bridgehead atoms. The fourth-order valence-corrected chi connectivity index (χ4v) is 0. The molecule has 0 rings (SSSR count). The van der Waals surface area contributed by atoms with Crippen LogP contribution >= 0.6 is 6.11 Å². The molecule has 0 aliphatic rings. The molecule has 0 atom stereocenters. The van der Waals surface area contributed by atoms with Crippen LogP contribution in [0.2, 0.25) is 9.88 Å². The molecule has 30 valence electrons. The molecule has 0 radical (unpaired) electrons. The molecule has 0 aromatic carbocycles. The van der Waals surface area contributed by atoms with Crippen LogP contribution in [-0.4, -0.2) is 19.2 Å². The quantitative estimate of drug-likeness (QED) is 0.456. The summed E-state index contributed by atoms with van der Waals surface area (Å²) >= 11 is -1.26. The van der Waals surface area contributed by atoms with E-state index in [1.165, 1.54) is 0 Å². The summed E-state index contributed by atoms with van der Waals surface area (Å²) in [6.45, 7) is 0. The average molecular weight is 197 g/mol. The summed E-state index contributed by atoms with van der Waals surface area (Å²) in [5, 5.41) is 0. The van der Waals surface area contributed by atoms with E-state index >= 15 is 0 Å². The first-order valence-electron chi connectivity index (χ1n) is 1.60. The van der Waals surface area contributed by atoms with E-state index in [9.17, 15) is 4.57 Å². The molecule has 0 fully saturated rings. The summed E-state index contributed by atoms with van der Waals surface area (Å²) in [6, 6.07) is 0. The van der Waals surface area contributed by atoms with Gasteiger partial charge in [-0.1, -0.05) is 0 Å². The standard InChI is InChI=1S/2CH3.OP.Sn.H/c;;1-2;;/h2*1H3;;;/q;;-1;+1;. The van der Waals surface area contributed by atoms with Crippen molar-refractivity contribution in [1.29, 1.82) is 0 Å². The molecular formula is C2H7OPSn. The average Bonchev–Trinajstić information content (AvgIpc) is 1.38. The third-order valence-electron chi connectivity index (χ3n) is 0.211. The van der Waals surface area contributed by atoms with Crippen molar-refractivity contribution >= 4 is 25.3 Å². The van der Waals surface area contributed by atoms with E-state index in [0.717, 1.165) is 0 Å². The third-order valence-corrected chi connectivity index (χ3v) is 4.24. The molecule has 0 aliphatic heterocycles. The van der Waals surface area contributed by atoms with Gasteiger partial charge >= 0.3 is 39.8 Å². The Balaban J connectivity index is 2.83. The van der Waals surface area contributed by atoms with Crippen molar-refractivity contribution in [3.8, 4) is 0 Å². The fraction of sp³-hybridized carbons (Fsp3) is 1.00. The van der Waals surface area contributed by atoms with Gasteiger partial charge in [-0.15, -0.1) is 0 Å². The van der Waals surface area contributed by atoms with Crippen LogP contribution in [0.4, 0.5) is 0 Å². The van der Waals surface area contributed by atoms with Crippen LogP contribution < -0.4 is 0 Å². The zero-order valence-corrected chi connectivity index (χ0v) is 7.62. The normalized spacial score (nSPS) is 10.2. The summed E-state index contributed by atoms with van der Waals surface area (Å²) in [7, 11) is 0. The molecule has 0 saturated heterocycles. The van der Waals surface area contributed by atoms with Crippen LogP contribution in [0, 0.1) is 0 Å². The van der Waals surface area contributed by atoms with E-state index in [4.69, 9.17) is 0 Å². The van der Waals surface area contributed by atoms with E-state index in [-0.39, 0.29) is 0 Å². The van der Waals surface area contributed by atoms with Gasteiger partial charge in [0, 0.05) is 0 Å². The summed E-state index contributed by atoms with van der Waals surface area (Å²) in [5.41, 5.74) is 0. The van der Waals surface area contributed by atoms with Gasteiger partial charge in [0.1, 0.15) is 0 Å². The second-order valence-corrected chi connectivity index (χ2v) is 16.4. The zero-order valence-electron chi connectivity index (χ0n) is 3.43. The maximum absolute atomic E-state index is 9.70. The van der Waals surface area contributed by atoms with Crippen molar-refractivity contribution in [3.63, 3.8) is 0 Å². The molecular weight excluding hydrogens is 190 g/mol. The van der Waals surface area contributed by atoms with Crippen molar-refractivity contribution in [2.45, 2.75) is 9.88 Å². The Bertz CT molecular complexity index is 36.6. The van der Waals surface area contributed by atoms with Gasteiger partial charge in [0.05, 0.1) is 0 Å². The van der Waals surface area contributed by atoms with Crippen LogP contribution in [0.25, 0.3) is 0 Å². The van der Waals surface area contributed by atoms with Crippen LogP contribution in [0.3, 0.4) is 0 Å². The third kappa shape index (κ3) is 4.90. The predicted molar refractivity (Wildman–Crippen MR) is 26.5 cm³/mol. The molecule has 0 aliphatic carbocycles. The molecule has 0 N–H and O–H groups in total. The Kier molecular flexibility index (Phi) is 3.66. The van der Waals surface area contributed by atoms with E-state index in [1.54, 1.807) is 0 Å². The first-order chi connectivity index (χ1) is 2.27. The van der Waals surface area contributed by atoms with Crippen LogP contribution in [0.5, 0.6) is 0 Å². The van der Waals surface area contributed by atoms with Crippen molar-refractivity contribution in [2.75, 3.05) is 0 Å². The first kappa shape index (κ1) is 5.90. The summed E-state index contributed by atoms with van der Waals surface area (Å²) in [6.07, 6.45) is 0.457. The van der Waals surface area contributed by atoms with Crippen LogP contribution in [0.1, 0.15) is 0 Å². The van der Waals surface area contributed by atoms with Gasteiger partial charge in [-0.05, 0) is 0 Å². The van der Waals surface area contributed by atoms with Gasteiger partial charge in [0.2, 0.25) is 0 Å². The molecule has 3 heteroatoms. The molecule has 1 nitrogen and oxygen atoms in total. The predicted octanol–water partition coefficient (Wildman–Crippen LogP) is 1.26. The molecule has 5 heavy (non-hydrogen) atoms. The first-order valence-corrected chi connectivity index (χ1v) is 13.5. The van der Waals surface area contributed by atoms with E-state index in [2.05, 4.69) is 9.88 Å². The Labute approximate surface area is 40.1 Å². The summed E-state index contributed by atoms with van der Waals surface area (Å²) < 4.78 is 9.70.